The molecule has 0 bridgehead atoms. The second-order valence-corrected chi connectivity index (χ2v) is 29.0. The third-order valence-corrected chi connectivity index (χ3v) is 22.6. The predicted octanol–water partition coefficient (Wildman–Crippen LogP) is 27.3. The molecule has 516 valence electrons. The predicted molar refractivity (Wildman–Crippen MR) is 451 cm³/mol. The average molecular weight is 1720 g/mol. The smallest absolute Gasteiger partial charge is 0 e. The van der Waals surface area contributed by atoms with Crippen LogP contribution in [0.25, 0.3) is 175 Å². The topological polar surface area (TPSA) is 0 Å². The van der Waals surface area contributed by atoms with E-state index < -0.39 is 0 Å². The van der Waals surface area contributed by atoms with Gasteiger partial charge < -0.3 is 0 Å². The Morgan fingerprint density at radius 2 is 0.527 bits per heavy atom. The van der Waals surface area contributed by atoms with Crippen molar-refractivity contribution in [3.8, 4) is 89.0 Å². The van der Waals surface area contributed by atoms with Crippen LogP contribution in [0.3, 0.4) is 0 Å². The van der Waals surface area contributed by atoms with Crippen molar-refractivity contribution in [2.75, 3.05) is 0 Å². The van der Waals surface area contributed by atoms with Crippen molar-refractivity contribution >= 4 is 86.2 Å². The fourth-order valence-corrected chi connectivity index (χ4v) is 17.5. The van der Waals surface area contributed by atoms with Crippen LogP contribution in [0.1, 0.15) is 44.5 Å². The molecule has 0 fully saturated rings. The van der Waals surface area contributed by atoms with Crippen molar-refractivity contribution in [3.63, 3.8) is 0 Å². The minimum atomic E-state index is 0. The van der Waals surface area contributed by atoms with Crippen LogP contribution in [0.15, 0.2) is 340 Å². The molecule has 4 aliphatic carbocycles. The first-order valence-electron chi connectivity index (χ1n) is 37.3. The van der Waals surface area contributed by atoms with E-state index in [-0.39, 0.29) is 131 Å². The van der Waals surface area contributed by atoms with Crippen LogP contribution < -0.4 is 0 Å². The van der Waals surface area contributed by atoms with Gasteiger partial charge in [-0.2, -0.15) is 151 Å². The monoisotopic (exact) mass is 1720 g/mol. The zero-order chi connectivity index (χ0) is 71.2. The molecule has 0 heterocycles. The molecule has 0 N–H and O–H groups in total. The summed E-state index contributed by atoms with van der Waals surface area (Å²) in [5.41, 5.74) is 31.3. The van der Waals surface area contributed by atoms with Crippen molar-refractivity contribution in [1.82, 2.24) is 0 Å². The molecular formula is C108H64Y4-8. The summed E-state index contributed by atoms with van der Waals surface area (Å²) >= 11 is 0. The van der Waals surface area contributed by atoms with Crippen LogP contribution >= 0.6 is 0 Å². The van der Waals surface area contributed by atoms with E-state index in [0.717, 1.165) is 75.6 Å². The molecule has 0 atom stereocenters. The van der Waals surface area contributed by atoms with Crippen molar-refractivity contribution < 1.29 is 131 Å². The zero-order valence-electron chi connectivity index (χ0n) is 61.5. The first-order chi connectivity index (χ1) is 53.5. The molecule has 4 aliphatic rings. The molecule has 0 aromatic heterocycles. The van der Waals surface area contributed by atoms with Crippen molar-refractivity contribution in [2.45, 2.75) is 25.7 Å². The Labute approximate surface area is 755 Å². The van der Waals surface area contributed by atoms with Crippen LogP contribution in [-0.4, -0.2) is 0 Å². The summed E-state index contributed by atoms with van der Waals surface area (Å²) in [6.07, 6.45) is 4.13. The molecule has 4 heteroatoms. The molecule has 24 rings (SSSR count). The van der Waals surface area contributed by atoms with E-state index in [1.807, 2.05) is 72.8 Å². The summed E-state index contributed by atoms with van der Waals surface area (Å²) in [7, 11) is 0. The van der Waals surface area contributed by atoms with E-state index in [2.05, 4.69) is 315 Å². The van der Waals surface area contributed by atoms with Gasteiger partial charge in [0.2, 0.25) is 0 Å². The first kappa shape index (κ1) is 75.6. The maximum absolute atomic E-state index is 3.62. The molecule has 20 aromatic carbocycles. The summed E-state index contributed by atoms with van der Waals surface area (Å²) in [4.78, 5) is 0. The Morgan fingerprint density at radius 1 is 0.188 bits per heavy atom. The Balaban J connectivity index is 0.000000107. The largest absolute Gasteiger partial charge is 0.226 e. The van der Waals surface area contributed by atoms with Gasteiger partial charge in [-0.25, -0.2) is 38.9 Å². The van der Waals surface area contributed by atoms with Gasteiger partial charge in [0.05, 0.1) is 0 Å². The summed E-state index contributed by atoms with van der Waals surface area (Å²) in [6.45, 7) is 0. The van der Waals surface area contributed by atoms with Crippen molar-refractivity contribution in [2.24, 2.45) is 0 Å². The molecule has 0 unspecified atom stereocenters. The van der Waals surface area contributed by atoms with E-state index in [1.165, 1.54) is 170 Å². The van der Waals surface area contributed by atoms with E-state index in [1.54, 1.807) is 0 Å². The van der Waals surface area contributed by atoms with E-state index in [4.69, 9.17) is 0 Å². The second-order valence-electron chi connectivity index (χ2n) is 29.0. The average Bonchev–Trinajstić information content (AvgIpc) is 1.53. The van der Waals surface area contributed by atoms with E-state index in [9.17, 15) is 0 Å². The minimum Gasteiger partial charge on any atom is -0.226 e. The van der Waals surface area contributed by atoms with Crippen molar-refractivity contribution in [1.29, 1.82) is 0 Å². The normalized spacial score (nSPS) is 11.9. The molecule has 112 heavy (non-hydrogen) atoms. The number of fused-ring (bicyclic) bond motifs is 24. The van der Waals surface area contributed by atoms with Gasteiger partial charge in [0, 0.05) is 131 Å². The van der Waals surface area contributed by atoms with E-state index in [0.29, 0.717) is 0 Å². The van der Waals surface area contributed by atoms with Gasteiger partial charge in [-0.3, -0.25) is 0 Å². The van der Waals surface area contributed by atoms with Crippen LogP contribution in [-0.2, 0) is 157 Å². The van der Waals surface area contributed by atoms with Gasteiger partial charge in [0.25, 0.3) is 0 Å². The molecule has 0 spiro atoms. The maximum atomic E-state index is 3.62. The van der Waals surface area contributed by atoms with Gasteiger partial charge in [0.1, 0.15) is 0 Å². The second kappa shape index (κ2) is 32.4. The summed E-state index contributed by atoms with van der Waals surface area (Å²) < 4.78 is 0. The third-order valence-electron chi connectivity index (χ3n) is 22.6. The molecule has 0 saturated heterocycles. The zero-order valence-corrected chi connectivity index (χ0v) is 72.8. The minimum absolute atomic E-state index is 0. The molecule has 4 radical (unpaired) electrons. The van der Waals surface area contributed by atoms with Crippen LogP contribution in [0.4, 0.5) is 0 Å². The summed E-state index contributed by atoms with van der Waals surface area (Å²) in [5.74, 6) is 0. The first-order valence-corrected chi connectivity index (χ1v) is 37.3. The van der Waals surface area contributed by atoms with Crippen LogP contribution in [0.5, 0.6) is 0 Å². The van der Waals surface area contributed by atoms with E-state index >= 15 is 0 Å². The third kappa shape index (κ3) is 14.0. The molecule has 0 nitrogen and oxygen atoms in total. The van der Waals surface area contributed by atoms with Crippen molar-refractivity contribution in [3.05, 3.63) is 433 Å². The Hall–Kier alpha value is -9.10. The fourth-order valence-electron chi connectivity index (χ4n) is 17.5. The Bertz CT molecular complexity index is 6800. The number of hydrogen-bond acceptors (Lipinski definition) is 0. The van der Waals surface area contributed by atoms with Gasteiger partial charge in [-0.05, 0) is 158 Å². The maximum Gasteiger partial charge on any atom is 0 e. The van der Waals surface area contributed by atoms with Gasteiger partial charge in [0.15, 0.2) is 0 Å². The molecular weight excluding hydrogens is 1650 g/mol. The Kier molecular flexibility index (Phi) is 21.9. The van der Waals surface area contributed by atoms with Crippen LogP contribution in [0, 0.1) is 48.5 Å². The van der Waals surface area contributed by atoms with Gasteiger partial charge >= 0.3 is 0 Å². The summed E-state index contributed by atoms with van der Waals surface area (Å²) in [6, 6.07) is 149. The number of hydrogen-bond donors (Lipinski definition) is 0. The standard InChI is InChI=1S/4C27H16.4Y/c1-2-7-18(8-3-1)23-12-6-10-20-15-21-13-14-22-16-19-9-4-5-11-24(19)27(22)26(21)17-25(20)23;2*1-2-6-18(7-3-1)19-10-11-20-14-22-12-13-23-16-21-8-4-5-9-25(21)27(23)26(22)17-24(20)15-19;1-2-6-18(7-3-1)19-10-11-20-17-26-22(16-24(20)14-19)12-13-23-15-21-8-4-5-9-25(21)27(23)26;;;;/h1-7,9-11,13-15,17H,16H2;1-6,8-9,11-15,17H,16H2;1-6,8-14,17H,16H2;1-6,8-9,11-14,16-17H,15H2;;;;/q4*-2;;;;. The molecule has 0 aliphatic heterocycles. The van der Waals surface area contributed by atoms with Gasteiger partial charge in [-0.1, -0.05) is 193 Å². The quantitative estimate of drug-likeness (QED) is 0.122. The summed E-state index contributed by atoms with van der Waals surface area (Å²) in [5, 5.41) is 20.4. The SMILES string of the molecule is [Y].[Y].[Y].[Y].[c-]1ccccc1-c1[c-]c2cc3c4c(ccc3cc2cc1)Cc1ccccc1-4.[c-]1ccccc1-c1[c-]cc2cc3c4c(ccc3cc2c1)Cc1ccccc1-4.[c-]1ccccc1-c1[c-]cc2cc3ccc4c(c3cc2c1)-c1ccccc1C4.[c-]1ccccc1-c1[c-]ccc2cc3ccc4c(c3cc12)-c1ccccc1C4. The number of benzene rings is 20. The molecule has 0 amide bonds. The molecule has 20 aromatic rings. The Morgan fingerprint density at radius 3 is 0.973 bits per heavy atom. The molecule has 0 saturated carbocycles. The van der Waals surface area contributed by atoms with Crippen LogP contribution in [0.2, 0.25) is 0 Å². The number of rotatable bonds is 4. The fraction of sp³-hybridized carbons (Fsp3) is 0.0370. The van der Waals surface area contributed by atoms with Gasteiger partial charge in [-0.15, -0.1) is 92.3 Å².